The molecule has 0 saturated heterocycles. The van der Waals surface area contributed by atoms with Crippen LogP contribution in [0.4, 0.5) is 0 Å². The van der Waals surface area contributed by atoms with Gasteiger partial charge < -0.3 is 14.2 Å². The first-order valence-electron chi connectivity index (χ1n) is 5.12. The van der Waals surface area contributed by atoms with Crippen molar-refractivity contribution in [1.82, 2.24) is 9.97 Å². The SMILES string of the molecule is COc1cc(OC)nc(Oc2ccc(Br)cc2)n1. The van der Waals surface area contributed by atoms with Crippen LogP contribution in [-0.2, 0) is 0 Å². The summed E-state index contributed by atoms with van der Waals surface area (Å²) in [6.07, 6.45) is 0. The fourth-order valence-electron chi connectivity index (χ4n) is 1.25. The maximum absolute atomic E-state index is 5.52. The van der Waals surface area contributed by atoms with Gasteiger partial charge in [-0.05, 0) is 24.3 Å². The highest BCUT2D eigenvalue weighted by Gasteiger charge is 2.07. The van der Waals surface area contributed by atoms with Crippen molar-refractivity contribution in [1.29, 1.82) is 0 Å². The van der Waals surface area contributed by atoms with Crippen molar-refractivity contribution in [3.8, 4) is 23.5 Å². The average Bonchev–Trinajstić information content (AvgIpc) is 2.41. The molecule has 0 aliphatic carbocycles. The molecule has 0 spiro atoms. The summed E-state index contributed by atoms with van der Waals surface area (Å²) < 4.78 is 16.6. The lowest BCUT2D eigenvalue weighted by atomic mass is 10.3. The average molecular weight is 311 g/mol. The standard InChI is InChI=1S/C12H11BrN2O3/c1-16-10-7-11(17-2)15-12(14-10)18-9-5-3-8(13)4-6-9/h3-7H,1-2H3. The first-order valence-corrected chi connectivity index (χ1v) is 5.91. The third-order valence-electron chi connectivity index (χ3n) is 2.10. The predicted molar refractivity (Wildman–Crippen MR) is 69.4 cm³/mol. The number of hydrogen-bond acceptors (Lipinski definition) is 5. The van der Waals surface area contributed by atoms with Gasteiger partial charge in [-0.15, -0.1) is 0 Å². The van der Waals surface area contributed by atoms with E-state index in [1.54, 1.807) is 18.2 Å². The quantitative estimate of drug-likeness (QED) is 0.868. The molecule has 0 atom stereocenters. The Balaban J connectivity index is 2.25. The van der Waals surface area contributed by atoms with E-state index in [0.717, 1.165) is 4.47 Å². The van der Waals surface area contributed by atoms with Crippen molar-refractivity contribution in [3.63, 3.8) is 0 Å². The molecular formula is C12H11BrN2O3. The van der Waals surface area contributed by atoms with Gasteiger partial charge in [0.2, 0.25) is 11.8 Å². The van der Waals surface area contributed by atoms with Crippen molar-refractivity contribution < 1.29 is 14.2 Å². The largest absolute Gasteiger partial charge is 0.481 e. The van der Waals surface area contributed by atoms with Gasteiger partial charge in [-0.2, -0.15) is 9.97 Å². The molecule has 2 aromatic rings. The van der Waals surface area contributed by atoms with E-state index in [-0.39, 0.29) is 6.01 Å². The monoisotopic (exact) mass is 310 g/mol. The summed E-state index contributed by atoms with van der Waals surface area (Å²) >= 11 is 3.35. The van der Waals surface area contributed by atoms with Crippen LogP contribution in [0.5, 0.6) is 23.5 Å². The van der Waals surface area contributed by atoms with E-state index in [1.165, 1.54) is 14.2 Å². The van der Waals surface area contributed by atoms with Crippen molar-refractivity contribution >= 4 is 15.9 Å². The molecule has 2 rings (SSSR count). The Kier molecular flexibility index (Phi) is 3.99. The topological polar surface area (TPSA) is 53.5 Å². The van der Waals surface area contributed by atoms with Crippen LogP contribution < -0.4 is 14.2 Å². The number of methoxy groups -OCH3 is 2. The Bertz CT molecular complexity index is 509. The van der Waals surface area contributed by atoms with Crippen molar-refractivity contribution in [2.45, 2.75) is 0 Å². The molecule has 1 heterocycles. The van der Waals surface area contributed by atoms with E-state index in [4.69, 9.17) is 14.2 Å². The molecule has 0 aliphatic heterocycles. The van der Waals surface area contributed by atoms with Crippen LogP contribution in [0.3, 0.4) is 0 Å². The van der Waals surface area contributed by atoms with Gasteiger partial charge in [0, 0.05) is 4.47 Å². The third kappa shape index (κ3) is 3.10. The van der Waals surface area contributed by atoms with Crippen LogP contribution in [0, 0.1) is 0 Å². The molecule has 5 nitrogen and oxygen atoms in total. The van der Waals surface area contributed by atoms with Crippen LogP contribution in [0.1, 0.15) is 0 Å². The number of hydrogen-bond donors (Lipinski definition) is 0. The lowest BCUT2D eigenvalue weighted by Gasteiger charge is -2.07. The van der Waals surface area contributed by atoms with Crippen LogP contribution in [-0.4, -0.2) is 24.2 Å². The summed E-state index contributed by atoms with van der Waals surface area (Å²) in [5.74, 6) is 1.40. The highest BCUT2D eigenvalue weighted by Crippen LogP contribution is 2.24. The van der Waals surface area contributed by atoms with Crippen molar-refractivity contribution in [3.05, 3.63) is 34.8 Å². The van der Waals surface area contributed by atoms with Gasteiger partial charge in [0.05, 0.1) is 20.3 Å². The zero-order valence-electron chi connectivity index (χ0n) is 9.88. The third-order valence-corrected chi connectivity index (χ3v) is 2.63. The molecule has 0 N–H and O–H groups in total. The van der Waals surface area contributed by atoms with Crippen molar-refractivity contribution in [2.75, 3.05) is 14.2 Å². The Morgan fingerprint density at radius 1 is 0.944 bits per heavy atom. The molecule has 0 amide bonds. The zero-order valence-corrected chi connectivity index (χ0v) is 11.5. The fourth-order valence-corrected chi connectivity index (χ4v) is 1.51. The molecular weight excluding hydrogens is 300 g/mol. The van der Waals surface area contributed by atoms with E-state index in [0.29, 0.717) is 17.5 Å². The molecule has 0 fully saturated rings. The van der Waals surface area contributed by atoms with Crippen LogP contribution in [0.15, 0.2) is 34.8 Å². The number of aromatic nitrogens is 2. The first-order chi connectivity index (χ1) is 8.71. The minimum Gasteiger partial charge on any atom is -0.481 e. The predicted octanol–water partition coefficient (Wildman–Crippen LogP) is 3.05. The summed E-state index contributed by atoms with van der Waals surface area (Å²) in [5, 5.41) is 0. The fraction of sp³-hybridized carbons (Fsp3) is 0.167. The van der Waals surface area contributed by atoms with Gasteiger partial charge in [-0.25, -0.2) is 0 Å². The van der Waals surface area contributed by atoms with Gasteiger partial charge >= 0.3 is 6.01 Å². The molecule has 1 aromatic carbocycles. The lowest BCUT2D eigenvalue weighted by Crippen LogP contribution is -1.97. The highest BCUT2D eigenvalue weighted by molar-refractivity contribution is 9.10. The number of rotatable bonds is 4. The van der Waals surface area contributed by atoms with Gasteiger partial charge in [0.15, 0.2) is 0 Å². The maximum atomic E-state index is 5.52. The summed E-state index contributed by atoms with van der Waals surface area (Å²) in [6, 6.07) is 9.10. The molecule has 0 saturated carbocycles. The second-order valence-corrected chi connectivity index (χ2v) is 4.21. The van der Waals surface area contributed by atoms with Crippen LogP contribution >= 0.6 is 15.9 Å². The summed E-state index contributed by atoms with van der Waals surface area (Å²) in [7, 11) is 3.04. The number of halogens is 1. The molecule has 0 unspecified atom stereocenters. The number of ether oxygens (including phenoxy) is 3. The zero-order chi connectivity index (χ0) is 13.0. The Morgan fingerprint density at radius 2 is 1.50 bits per heavy atom. The molecule has 0 bridgehead atoms. The van der Waals surface area contributed by atoms with E-state index < -0.39 is 0 Å². The van der Waals surface area contributed by atoms with E-state index >= 15 is 0 Å². The van der Waals surface area contributed by atoms with Gasteiger partial charge in [-0.3, -0.25) is 0 Å². The summed E-state index contributed by atoms with van der Waals surface area (Å²) in [4.78, 5) is 8.14. The second-order valence-electron chi connectivity index (χ2n) is 3.29. The van der Waals surface area contributed by atoms with E-state index in [9.17, 15) is 0 Å². The maximum Gasteiger partial charge on any atom is 0.328 e. The van der Waals surface area contributed by atoms with Gasteiger partial charge in [0.25, 0.3) is 0 Å². The highest BCUT2D eigenvalue weighted by atomic mass is 79.9. The summed E-state index contributed by atoms with van der Waals surface area (Å²) in [6.45, 7) is 0. The lowest BCUT2D eigenvalue weighted by molar-refractivity contribution is 0.348. The normalized spacial score (nSPS) is 9.94. The smallest absolute Gasteiger partial charge is 0.328 e. The van der Waals surface area contributed by atoms with Crippen molar-refractivity contribution in [2.24, 2.45) is 0 Å². The number of benzene rings is 1. The Labute approximate surface area is 113 Å². The minimum absolute atomic E-state index is 0.175. The van der Waals surface area contributed by atoms with Gasteiger partial charge in [0.1, 0.15) is 5.75 Å². The second kappa shape index (κ2) is 5.68. The number of nitrogens with zero attached hydrogens (tertiary/aromatic N) is 2. The molecule has 0 aliphatic rings. The van der Waals surface area contributed by atoms with Crippen LogP contribution in [0.25, 0.3) is 0 Å². The Morgan fingerprint density at radius 3 is 2.00 bits per heavy atom. The van der Waals surface area contributed by atoms with Gasteiger partial charge in [-0.1, -0.05) is 15.9 Å². The molecule has 6 heteroatoms. The van der Waals surface area contributed by atoms with E-state index in [2.05, 4.69) is 25.9 Å². The van der Waals surface area contributed by atoms with E-state index in [1.807, 2.05) is 12.1 Å². The Hall–Kier alpha value is -1.82. The molecule has 94 valence electrons. The molecule has 18 heavy (non-hydrogen) atoms. The molecule has 1 aromatic heterocycles. The van der Waals surface area contributed by atoms with Crippen LogP contribution in [0.2, 0.25) is 0 Å². The molecule has 0 radical (unpaired) electrons. The minimum atomic E-state index is 0.175. The summed E-state index contributed by atoms with van der Waals surface area (Å²) in [5.41, 5.74) is 0. The first kappa shape index (κ1) is 12.6.